The number of carboxylic acid groups (broad SMARTS) is 1. The highest BCUT2D eigenvalue weighted by molar-refractivity contribution is 5.91. The van der Waals surface area contributed by atoms with Crippen molar-refractivity contribution in [2.75, 3.05) is 0 Å². The first-order valence-electron chi connectivity index (χ1n) is 4.41. The van der Waals surface area contributed by atoms with Gasteiger partial charge in [0.15, 0.2) is 0 Å². The molecule has 0 amide bonds. The summed E-state index contributed by atoms with van der Waals surface area (Å²) in [6, 6.07) is 8.29. The van der Waals surface area contributed by atoms with Crippen LogP contribution in [0.5, 0.6) is 0 Å². The summed E-state index contributed by atoms with van der Waals surface area (Å²) in [4.78, 5) is 22.5. The van der Waals surface area contributed by atoms with Crippen molar-refractivity contribution in [3.8, 4) is 0 Å². The van der Waals surface area contributed by atoms with Crippen LogP contribution in [-0.4, -0.2) is 10.5 Å². The van der Waals surface area contributed by atoms with Crippen molar-refractivity contribution in [3.63, 3.8) is 0 Å². The van der Waals surface area contributed by atoms with Crippen molar-refractivity contribution in [2.24, 2.45) is 7.05 Å². The standard InChI is InChI=1S/C11H9NO3/c1-12-9(11(14)15)6-7-4-2-3-5-8(7)10(12)13/h2-6H,1H3,(H,14,15)/p-1. The minimum atomic E-state index is -1.35. The molecule has 0 aliphatic carbocycles. The maximum Gasteiger partial charge on any atom is 0.258 e. The third-order valence-corrected chi connectivity index (χ3v) is 2.36. The molecule has 0 aliphatic heterocycles. The lowest BCUT2D eigenvalue weighted by molar-refractivity contribution is -0.255. The molecule has 0 aliphatic rings. The number of hydrogen-bond acceptors (Lipinski definition) is 3. The van der Waals surface area contributed by atoms with Gasteiger partial charge in [-0.1, -0.05) is 18.2 Å². The summed E-state index contributed by atoms with van der Waals surface area (Å²) in [5, 5.41) is 11.9. The minimum Gasteiger partial charge on any atom is -0.543 e. The van der Waals surface area contributed by atoms with Gasteiger partial charge in [-0.25, -0.2) is 0 Å². The maximum absolute atomic E-state index is 11.7. The Morgan fingerprint density at radius 3 is 2.67 bits per heavy atom. The lowest BCUT2D eigenvalue weighted by Crippen LogP contribution is -2.31. The summed E-state index contributed by atoms with van der Waals surface area (Å²) >= 11 is 0. The smallest absolute Gasteiger partial charge is 0.258 e. The molecule has 0 N–H and O–H groups in total. The van der Waals surface area contributed by atoms with E-state index in [0.29, 0.717) is 10.8 Å². The van der Waals surface area contributed by atoms with Gasteiger partial charge in [0, 0.05) is 12.4 Å². The van der Waals surface area contributed by atoms with Crippen molar-refractivity contribution in [1.82, 2.24) is 4.57 Å². The van der Waals surface area contributed by atoms with Crippen molar-refractivity contribution in [1.29, 1.82) is 0 Å². The molecule has 0 saturated carbocycles. The topological polar surface area (TPSA) is 62.1 Å². The van der Waals surface area contributed by atoms with Gasteiger partial charge < -0.3 is 14.5 Å². The summed E-state index contributed by atoms with van der Waals surface area (Å²) in [6.07, 6.45) is 0. The predicted octanol–water partition coefficient (Wildman–Crippen LogP) is -0.0980. The summed E-state index contributed by atoms with van der Waals surface area (Å²) < 4.78 is 1.08. The third-order valence-electron chi connectivity index (χ3n) is 2.36. The zero-order valence-corrected chi connectivity index (χ0v) is 8.06. The van der Waals surface area contributed by atoms with E-state index >= 15 is 0 Å². The van der Waals surface area contributed by atoms with Crippen molar-refractivity contribution >= 4 is 16.7 Å². The Bertz CT molecular complexity index is 598. The van der Waals surface area contributed by atoms with Gasteiger partial charge in [0.1, 0.15) is 0 Å². The Labute approximate surface area is 85.4 Å². The van der Waals surface area contributed by atoms with Gasteiger partial charge in [0.25, 0.3) is 5.56 Å². The van der Waals surface area contributed by atoms with E-state index in [1.165, 1.54) is 13.1 Å². The van der Waals surface area contributed by atoms with Gasteiger partial charge in [0.05, 0.1) is 11.7 Å². The number of aromatic carboxylic acids is 1. The highest BCUT2D eigenvalue weighted by Crippen LogP contribution is 2.10. The number of nitrogens with zero attached hydrogens (tertiary/aromatic N) is 1. The van der Waals surface area contributed by atoms with Crippen LogP contribution in [0, 0.1) is 0 Å². The number of carbonyl (C=O) groups excluding carboxylic acids is 1. The molecular formula is C11H8NO3-. The molecule has 4 heteroatoms. The SMILES string of the molecule is Cn1c(C(=O)[O-])cc2ccccc2c1=O. The van der Waals surface area contributed by atoms with Crippen LogP contribution in [0.25, 0.3) is 10.8 Å². The number of aromatic nitrogens is 1. The Morgan fingerprint density at radius 1 is 1.33 bits per heavy atom. The average Bonchev–Trinajstić information content (AvgIpc) is 2.23. The molecule has 4 nitrogen and oxygen atoms in total. The molecule has 0 saturated heterocycles. The Balaban J connectivity index is 2.95. The van der Waals surface area contributed by atoms with Gasteiger partial charge in [-0.05, 0) is 17.5 Å². The molecule has 0 unspecified atom stereocenters. The van der Waals surface area contributed by atoms with Crippen LogP contribution in [-0.2, 0) is 7.05 Å². The molecule has 0 bridgehead atoms. The predicted molar refractivity (Wildman–Crippen MR) is 53.5 cm³/mol. The number of hydrogen-bond donors (Lipinski definition) is 0. The monoisotopic (exact) mass is 202 g/mol. The highest BCUT2D eigenvalue weighted by atomic mass is 16.4. The molecule has 2 rings (SSSR count). The molecule has 2 aromatic rings. The quantitative estimate of drug-likeness (QED) is 0.648. The molecular weight excluding hydrogens is 194 g/mol. The van der Waals surface area contributed by atoms with Crippen molar-refractivity contribution in [2.45, 2.75) is 0 Å². The molecule has 76 valence electrons. The number of carbonyl (C=O) groups is 1. The van der Waals surface area contributed by atoms with Crippen LogP contribution in [0.4, 0.5) is 0 Å². The molecule has 1 aromatic heterocycles. The van der Waals surface area contributed by atoms with E-state index in [1.807, 2.05) is 0 Å². The van der Waals surface area contributed by atoms with E-state index in [2.05, 4.69) is 0 Å². The summed E-state index contributed by atoms with van der Waals surface area (Å²) in [6.45, 7) is 0. The lowest BCUT2D eigenvalue weighted by Gasteiger charge is -2.10. The van der Waals surface area contributed by atoms with Gasteiger partial charge in [0.2, 0.25) is 0 Å². The molecule has 1 aromatic carbocycles. The van der Waals surface area contributed by atoms with Gasteiger partial charge >= 0.3 is 0 Å². The Kier molecular flexibility index (Phi) is 2.04. The van der Waals surface area contributed by atoms with Crippen molar-refractivity contribution in [3.05, 3.63) is 46.4 Å². The molecule has 1 heterocycles. The van der Waals surface area contributed by atoms with Gasteiger partial charge in [-0.2, -0.15) is 0 Å². The van der Waals surface area contributed by atoms with Crippen LogP contribution < -0.4 is 10.7 Å². The highest BCUT2D eigenvalue weighted by Gasteiger charge is 2.05. The summed E-state index contributed by atoms with van der Waals surface area (Å²) in [5.74, 6) is -1.35. The van der Waals surface area contributed by atoms with Crippen LogP contribution >= 0.6 is 0 Å². The van der Waals surface area contributed by atoms with Crippen LogP contribution in [0.1, 0.15) is 10.5 Å². The molecule has 0 fully saturated rings. The fourth-order valence-corrected chi connectivity index (χ4v) is 1.55. The zero-order chi connectivity index (χ0) is 11.0. The van der Waals surface area contributed by atoms with Crippen LogP contribution in [0.3, 0.4) is 0 Å². The number of benzene rings is 1. The van der Waals surface area contributed by atoms with Crippen molar-refractivity contribution < 1.29 is 9.90 Å². The first-order valence-corrected chi connectivity index (χ1v) is 4.41. The number of carboxylic acids is 1. The summed E-state index contributed by atoms with van der Waals surface area (Å²) in [7, 11) is 1.42. The Morgan fingerprint density at radius 2 is 2.00 bits per heavy atom. The van der Waals surface area contributed by atoms with E-state index in [9.17, 15) is 14.7 Å². The lowest BCUT2D eigenvalue weighted by atomic mass is 10.1. The van der Waals surface area contributed by atoms with E-state index < -0.39 is 5.97 Å². The molecule has 0 radical (unpaired) electrons. The van der Waals surface area contributed by atoms with E-state index in [4.69, 9.17) is 0 Å². The number of fused-ring (bicyclic) bond motifs is 1. The van der Waals surface area contributed by atoms with Crippen LogP contribution in [0.15, 0.2) is 35.1 Å². The molecule has 0 spiro atoms. The fraction of sp³-hybridized carbons (Fsp3) is 0.0909. The number of rotatable bonds is 1. The van der Waals surface area contributed by atoms with Gasteiger partial charge in [-0.15, -0.1) is 0 Å². The first-order chi connectivity index (χ1) is 7.11. The number of pyridine rings is 1. The second-order valence-electron chi connectivity index (χ2n) is 3.27. The second-order valence-corrected chi connectivity index (χ2v) is 3.27. The van der Waals surface area contributed by atoms with E-state index in [1.54, 1.807) is 24.3 Å². The van der Waals surface area contributed by atoms with E-state index in [-0.39, 0.29) is 11.3 Å². The van der Waals surface area contributed by atoms with Crippen LogP contribution in [0.2, 0.25) is 0 Å². The largest absolute Gasteiger partial charge is 0.543 e. The molecule has 15 heavy (non-hydrogen) atoms. The third kappa shape index (κ3) is 1.40. The van der Waals surface area contributed by atoms with Gasteiger partial charge in [-0.3, -0.25) is 4.79 Å². The second kappa shape index (κ2) is 3.24. The fourth-order valence-electron chi connectivity index (χ4n) is 1.55. The zero-order valence-electron chi connectivity index (χ0n) is 8.06. The summed E-state index contributed by atoms with van der Waals surface area (Å²) in [5.41, 5.74) is -0.439. The minimum absolute atomic E-state index is 0.112. The maximum atomic E-state index is 11.7. The molecule has 0 atom stereocenters. The van der Waals surface area contributed by atoms with E-state index in [0.717, 1.165) is 4.57 Å². The Hall–Kier alpha value is -2.10. The average molecular weight is 202 g/mol. The first kappa shape index (κ1) is 9.45. The normalized spacial score (nSPS) is 10.5.